The Hall–Kier alpha value is -0.890. The lowest BCUT2D eigenvalue weighted by atomic mass is 9.96. The Morgan fingerprint density at radius 2 is 1.75 bits per heavy atom. The van der Waals surface area contributed by atoms with Gasteiger partial charge >= 0.3 is 0 Å². The Bertz CT molecular complexity index is 294. The monoisotopic (exact) mass is 223 g/mol. The van der Waals surface area contributed by atoms with E-state index in [2.05, 4.69) is 11.9 Å². The zero-order chi connectivity index (χ0) is 12.0. The molecule has 1 saturated heterocycles. The van der Waals surface area contributed by atoms with Crippen LogP contribution in [0.4, 0.5) is 4.39 Å². The summed E-state index contributed by atoms with van der Waals surface area (Å²) >= 11 is 0. The van der Waals surface area contributed by atoms with Crippen LogP contribution in [-0.4, -0.2) is 18.5 Å². The highest BCUT2D eigenvalue weighted by Crippen LogP contribution is 2.29. The molecular formula is C14H22FN. The molecule has 0 bridgehead atoms. The van der Waals surface area contributed by atoms with E-state index < -0.39 is 0 Å². The Balaban J connectivity index is 0.000000606. The van der Waals surface area contributed by atoms with E-state index in [1.807, 2.05) is 26.0 Å². The maximum absolute atomic E-state index is 12.7. The number of piperidine rings is 1. The molecule has 1 nitrogen and oxygen atoms in total. The maximum atomic E-state index is 12.7. The van der Waals surface area contributed by atoms with Crippen molar-refractivity contribution in [2.75, 3.05) is 13.6 Å². The molecular weight excluding hydrogens is 201 g/mol. The Morgan fingerprint density at radius 3 is 2.31 bits per heavy atom. The highest BCUT2D eigenvalue weighted by molar-refractivity contribution is 5.20. The summed E-state index contributed by atoms with van der Waals surface area (Å²) in [5.74, 6) is -0.146. The zero-order valence-electron chi connectivity index (χ0n) is 10.5. The largest absolute Gasteiger partial charge is 0.299 e. The van der Waals surface area contributed by atoms with E-state index in [1.54, 1.807) is 12.1 Å². The first-order chi connectivity index (χ1) is 7.77. The fraction of sp³-hybridized carbons (Fsp3) is 0.571. The summed E-state index contributed by atoms with van der Waals surface area (Å²) in [6, 6.07) is 7.41. The van der Waals surface area contributed by atoms with Crippen LogP contribution in [-0.2, 0) is 0 Å². The van der Waals surface area contributed by atoms with Crippen LogP contribution in [0.5, 0.6) is 0 Å². The molecule has 1 heterocycles. The standard InChI is InChI=1S/C12H16FN.C2H6/c1-14-9-3-2-4-12(14)10-5-7-11(13)8-6-10;1-2/h5-8,12H,2-4,9H2,1H3;1-2H3. The highest BCUT2D eigenvalue weighted by atomic mass is 19.1. The molecule has 1 aliphatic heterocycles. The number of hydrogen-bond acceptors (Lipinski definition) is 1. The molecule has 0 amide bonds. The molecule has 0 N–H and O–H groups in total. The minimum Gasteiger partial charge on any atom is -0.299 e. The van der Waals surface area contributed by atoms with Gasteiger partial charge in [0, 0.05) is 6.04 Å². The Kier molecular flexibility index (Phi) is 5.47. The van der Waals surface area contributed by atoms with Crippen molar-refractivity contribution in [2.24, 2.45) is 0 Å². The molecule has 0 aromatic heterocycles. The molecule has 1 aromatic carbocycles. The van der Waals surface area contributed by atoms with Gasteiger partial charge in [-0.2, -0.15) is 0 Å². The van der Waals surface area contributed by atoms with Gasteiger partial charge in [0.25, 0.3) is 0 Å². The van der Waals surface area contributed by atoms with E-state index >= 15 is 0 Å². The second-order valence-corrected chi connectivity index (χ2v) is 4.04. The van der Waals surface area contributed by atoms with Crippen molar-refractivity contribution in [3.8, 4) is 0 Å². The molecule has 2 heteroatoms. The lowest BCUT2D eigenvalue weighted by Crippen LogP contribution is -2.29. The summed E-state index contributed by atoms with van der Waals surface area (Å²) in [5.41, 5.74) is 1.24. The highest BCUT2D eigenvalue weighted by Gasteiger charge is 2.20. The third-order valence-electron chi connectivity index (χ3n) is 3.03. The van der Waals surface area contributed by atoms with Crippen molar-refractivity contribution in [2.45, 2.75) is 39.2 Å². The molecule has 16 heavy (non-hydrogen) atoms. The summed E-state index contributed by atoms with van der Waals surface area (Å²) in [6.07, 6.45) is 3.77. The molecule has 0 saturated carbocycles. The SMILES string of the molecule is CC.CN1CCCCC1c1ccc(F)cc1. The van der Waals surface area contributed by atoms with E-state index in [-0.39, 0.29) is 5.82 Å². The van der Waals surface area contributed by atoms with E-state index in [0.717, 1.165) is 6.54 Å². The maximum Gasteiger partial charge on any atom is 0.123 e. The zero-order valence-corrected chi connectivity index (χ0v) is 10.5. The van der Waals surface area contributed by atoms with Crippen LogP contribution < -0.4 is 0 Å². The van der Waals surface area contributed by atoms with Crippen molar-refractivity contribution in [3.05, 3.63) is 35.6 Å². The van der Waals surface area contributed by atoms with Crippen molar-refractivity contribution in [1.82, 2.24) is 4.90 Å². The third-order valence-corrected chi connectivity index (χ3v) is 3.03. The van der Waals surface area contributed by atoms with Gasteiger partial charge in [-0.05, 0) is 44.1 Å². The molecule has 1 aromatic rings. The molecule has 1 atom stereocenters. The number of nitrogens with zero attached hydrogens (tertiary/aromatic N) is 1. The predicted molar refractivity (Wildman–Crippen MR) is 67.0 cm³/mol. The smallest absolute Gasteiger partial charge is 0.123 e. The first-order valence-electron chi connectivity index (χ1n) is 6.23. The number of rotatable bonds is 1. The summed E-state index contributed by atoms with van der Waals surface area (Å²) < 4.78 is 12.7. The number of hydrogen-bond donors (Lipinski definition) is 0. The molecule has 90 valence electrons. The van der Waals surface area contributed by atoms with Gasteiger partial charge in [0.15, 0.2) is 0 Å². The van der Waals surface area contributed by atoms with Gasteiger partial charge < -0.3 is 0 Å². The average molecular weight is 223 g/mol. The van der Waals surface area contributed by atoms with Gasteiger partial charge in [-0.3, -0.25) is 4.90 Å². The molecule has 1 fully saturated rings. The quantitative estimate of drug-likeness (QED) is 0.695. The van der Waals surface area contributed by atoms with Gasteiger partial charge in [0.05, 0.1) is 0 Å². The summed E-state index contributed by atoms with van der Waals surface area (Å²) in [7, 11) is 2.15. The van der Waals surface area contributed by atoms with Crippen molar-refractivity contribution >= 4 is 0 Å². The lowest BCUT2D eigenvalue weighted by molar-refractivity contribution is 0.187. The minimum absolute atomic E-state index is 0.146. The topological polar surface area (TPSA) is 3.24 Å². The molecule has 0 radical (unpaired) electrons. The normalized spacial score (nSPS) is 21.1. The van der Waals surface area contributed by atoms with Crippen molar-refractivity contribution < 1.29 is 4.39 Å². The molecule has 1 aliphatic rings. The third kappa shape index (κ3) is 3.31. The van der Waals surface area contributed by atoms with E-state index in [1.165, 1.54) is 24.8 Å². The number of halogens is 1. The predicted octanol–water partition coefficient (Wildman–Crippen LogP) is 4.01. The summed E-state index contributed by atoms with van der Waals surface area (Å²) in [4.78, 5) is 2.36. The van der Waals surface area contributed by atoms with Crippen LogP contribution >= 0.6 is 0 Å². The molecule has 0 aliphatic carbocycles. The number of likely N-dealkylation sites (tertiary alicyclic amines) is 1. The van der Waals surface area contributed by atoms with Gasteiger partial charge in [0.2, 0.25) is 0 Å². The fourth-order valence-electron chi connectivity index (χ4n) is 2.18. The molecule has 1 unspecified atom stereocenters. The Morgan fingerprint density at radius 1 is 1.12 bits per heavy atom. The average Bonchev–Trinajstić information content (AvgIpc) is 2.34. The second kappa shape index (κ2) is 6.64. The summed E-state index contributed by atoms with van der Waals surface area (Å²) in [5, 5.41) is 0. The van der Waals surface area contributed by atoms with Crippen LogP contribution in [0.1, 0.15) is 44.7 Å². The Labute approximate surface area is 98.3 Å². The van der Waals surface area contributed by atoms with E-state index in [0.29, 0.717) is 6.04 Å². The fourth-order valence-corrected chi connectivity index (χ4v) is 2.18. The van der Waals surface area contributed by atoms with Crippen LogP contribution in [0.2, 0.25) is 0 Å². The second-order valence-electron chi connectivity index (χ2n) is 4.04. The first-order valence-corrected chi connectivity index (χ1v) is 6.23. The summed E-state index contributed by atoms with van der Waals surface area (Å²) in [6.45, 7) is 5.15. The first kappa shape index (κ1) is 13.2. The minimum atomic E-state index is -0.146. The number of benzene rings is 1. The van der Waals surface area contributed by atoms with Gasteiger partial charge in [0.1, 0.15) is 5.82 Å². The van der Waals surface area contributed by atoms with E-state index in [9.17, 15) is 4.39 Å². The van der Waals surface area contributed by atoms with Gasteiger partial charge in [-0.15, -0.1) is 0 Å². The van der Waals surface area contributed by atoms with Crippen LogP contribution in [0.25, 0.3) is 0 Å². The van der Waals surface area contributed by atoms with Crippen molar-refractivity contribution in [1.29, 1.82) is 0 Å². The van der Waals surface area contributed by atoms with Gasteiger partial charge in [-0.25, -0.2) is 4.39 Å². The lowest BCUT2D eigenvalue weighted by Gasteiger charge is -2.32. The van der Waals surface area contributed by atoms with Gasteiger partial charge in [-0.1, -0.05) is 32.4 Å². The van der Waals surface area contributed by atoms with E-state index in [4.69, 9.17) is 0 Å². The molecule has 0 spiro atoms. The van der Waals surface area contributed by atoms with Crippen LogP contribution in [0.15, 0.2) is 24.3 Å². The van der Waals surface area contributed by atoms with Crippen LogP contribution in [0.3, 0.4) is 0 Å². The molecule has 2 rings (SSSR count). The van der Waals surface area contributed by atoms with Crippen LogP contribution in [0, 0.1) is 5.82 Å². The van der Waals surface area contributed by atoms with Crippen molar-refractivity contribution in [3.63, 3.8) is 0 Å².